The third-order valence-electron chi connectivity index (χ3n) is 9.59. The second kappa shape index (κ2) is 11.9. The predicted molar refractivity (Wildman–Crippen MR) is 215 cm³/mol. The van der Waals surface area contributed by atoms with Gasteiger partial charge in [0.1, 0.15) is 10.0 Å². The largest absolute Gasteiger partial charge is 0.244 e. The van der Waals surface area contributed by atoms with Crippen molar-refractivity contribution in [3.05, 3.63) is 170 Å². The Bertz CT molecular complexity index is 2660. The van der Waals surface area contributed by atoms with Crippen molar-refractivity contribution in [1.82, 2.24) is 9.97 Å². The van der Waals surface area contributed by atoms with E-state index in [4.69, 9.17) is 9.97 Å². The van der Waals surface area contributed by atoms with E-state index in [1.807, 2.05) is 12.4 Å². The molecule has 0 spiro atoms. The Balaban J connectivity index is 0.863. The molecule has 0 aliphatic carbocycles. The number of nitrogens with zero attached hydrogens (tertiary/aromatic N) is 2. The maximum atomic E-state index is 4.80. The van der Waals surface area contributed by atoms with Gasteiger partial charge in [-0.25, -0.2) is 9.97 Å². The van der Waals surface area contributed by atoms with Crippen LogP contribution in [0.2, 0.25) is 0 Å². The molecule has 0 saturated heterocycles. The van der Waals surface area contributed by atoms with Gasteiger partial charge in [0.05, 0.1) is 9.75 Å². The van der Waals surface area contributed by atoms with Gasteiger partial charge in [-0.2, -0.15) is 0 Å². The van der Waals surface area contributed by atoms with Gasteiger partial charge in [0.2, 0.25) is 0 Å². The van der Waals surface area contributed by atoms with E-state index in [0.717, 1.165) is 21.1 Å². The first-order chi connectivity index (χ1) is 24.7. The number of rotatable bonds is 5. The highest BCUT2D eigenvalue weighted by atomic mass is 32.1. The molecule has 0 aliphatic heterocycles. The topological polar surface area (TPSA) is 25.8 Å². The summed E-state index contributed by atoms with van der Waals surface area (Å²) in [5, 5.41) is 12.1. The molecule has 10 rings (SSSR count). The average Bonchev–Trinajstić information content (AvgIpc) is 3.88. The molecule has 0 saturated carbocycles. The summed E-state index contributed by atoms with van der Waals surface area (Å²) in [5.41, 5.74) is 7.03. The molecule has 0 fully saturated rings. The predicted octanol–water partition coefficient (Wildman–Crippen LogP) is 13.5. The normalized spacial score (nSPS) is 11.6. The van der Waals surface area contributed by atoms with Crippen molar-refractivity contribution in [1.29, 1.82) is 0 Å². The molecular weight excluding hydrogens is 645 g/mol. The van der Waals surface area contributed by atoms with Crippen molar-refractivity contribution in [3.63, 3.8) is 0 Å². The Morgan fingerprint density at radius 2 is 0.600 bits per heavy atom. The Morgan fingerprint density at radius 1 is 0.280 bits per heavy atom. The van der Waals surface area contributed by atoms with Crippen LogP contribution in [0, 0.1) is 0 Å². The average molecular weight is 673 g/mol. The molecule has 2 heterocycles. The summed E-state index contributed by atoms with van der Waals surface area (Å²) in [6, 6.07) is 57.1. The molecule has 0 bridgehead atoms. The first kappa shape index (κ1) is 29.0. The molecule has 8 aromatic carbocycles. The lowest BCUT2D eigenvalue weighted by Crippen LogP contribution is -1.81. The van der Waals surface area contributed by atoms with E-state index in [0.29, 0.717) is 0 Å². The Hall–Kier alpha value is -5.94. The highest BCUT2D eigenvalue weighted by Gasteiger charge is 2.11. The van der Waals surface area contributed by atoms with Gasteiger partial charge in [0.25, 0.3) is 0 Å². The van der Waals surface area contributed by atoms with E-state index in [1.54, 1.807) is 22.7 Å². The monoisotopic (exact) mass is 672 g/mol. The van der Waals surface area contributed by atoms with Crippen LogP contribution >= 0.6 is 22.7 Å². The third-order valence-corrected chi connectivity index (χ3v) is 11.8. The zero-order valence-corrected chi connectivity index (χ0v) is 28.5. The summed E-state index contributed by atoms with van der Waals surface area (Å²) in [4.78, 5) is 12.0. The second-order valence-corrected chi connectivity index (χ2v) is 14.8. The van der Waals surface area contributed by atoms with Gasteiger partial charge in [-0.1, -0.05) is 121 Å². The molecule has 0 radical (unpaired) electrons. The van der Waals surface area contributed by atoms with E-state index in [9.17, 15) is 0 Å². The third kappa shape index (κ3) is 5.26. The standard InChI is InChI=1S/C46H28N2S2/c1-3-7-35-23-41-25-39(19-17-37(41)21-33(35)5-1)43-27-47-45(49-43)31-13-9-29(10-14-31)30-11-15-32(16-12-30)46-48-28-44(50-46)40-20-18-38-22-34-6-2-4-8-36(34)24-42(38)26-40/h1-28H. The number of thiazole rings is 2. The molecule has 50 heavy (non-hydrogen) atoms. The Kier molecular flexibility index (Phi) is 6.90. The molecule has 4 heteroatoms. The summed E-state index contributed by atoms with van der Waals surface area (Å²) in [5.74, 6) is 0. The van der Waals surface area contributed by atoms with E-state index in [2.05, 4.69) is 158 Å². The first-order valence-corrected chi connectivity index (χ1v) is 18.3. The summed E-state index contributed by atoms with van der Waals surface area (Å²) < 4.78 is 0. The fraction of sp³-hybridized carbons (Fsp3) is 0. The van der Waals surface area contributed by atoms with Crippen LogP contribution < -0.4 is 0 Å². The zero-order valence-electron chi connectivity index (χ0n) is 26.9. The highest BCUT2D eigenvalue weighted by molar-refractivity contribution is 7.18. The molecule has 0 N–H and O–H groups in total. The lowest BCUT2D eigenvalue weighted by atomic mass is 10.0. The van der Waals surface area contributed by atoms with E-state index < -0.39 is 0 Å². The number of hydrogen-bond donors (Lipinski definition) is 0. The lowest BCUT2D eigenvalue weighted by Gasteiger charge is -2.05. The summed E-state index contributed by atoms with van der Waals surface area (Å²) in [7, 11) is 0. The quantitative estimate of drug-likeness (QED) is 0.170. The van der Waals surface area contributed by atoms with Gasteiger partial charge in [-0.3, -0.25) is 0 Å². The van der Waals surface area contributed by atoms with Crippen LogP contribution in [0.5, 0.6) is 0 Å². The number of fused-ring (bicyclic) bond motifs is 4. The fourth-order valence-corrected chi connectivity index (χ4v) is 8.71. The lowest BCUT2D eigenvalue weighted by molar-refractivity contribution is 1.41. The number of hydrogen-bond acceptors (Lipinski definition) is 4. The van der Waals surface area contributed by atoms with Gasteiger partial charge in [-0.05, 0) is 102 Å². The fourth-order valence-electron chi connectivity index (χ4n) is 6.88. The summed E-state index contributed by atoms with van der Waals surface area (Å²) >= 11 is 3.47. The smallest absolute Gasteiger partial charge is 0.123 e. The van der Waals surface area contributed by atoms with Crippen molar-refractivity contribution in [2.75, 3.05) is 0 Å². The minimum absolute atomic E-state index is 1.03. The van der Waals surface area contributed by atoms with Crippen LogP contribution in [0.3, 0.4) is 0 Å². The van der Waals surface area contributed by atoms with Crippen molar-refractivity contribution < 1.29 is 0 Å². The molecule has 0 aliphatic rings. The van der Waals surface area contributed by atoms with Gasteiger partial charge < -0.3 is 0 Å². The van der Waals surface area contributed by atoms with Gasteiger partial charge in [0.15, 0.2) is 0 Å². The van der Waals surface area contributed by atoms with Crippen molar-refractivity contribution in [3.8, 4) is 53.2 Å². The van der Waals surface area contributed by atoms with Crippen LogP contribution in [0.4, 0.5) is 0 Å². The van der Waals surface area contributed by atoms with Crippen molar-refractivity contribution in [2.24, 2.45) is 0 Å². The van der Waals surface area contributed by atoms with Gasteiger partial charge in [-0.15, -0.1) is 22.7 Å². The van der Waals surface area contributed by atoms with Crippen LogP contribution in [-0.4, -0.2) is 9.97 Å². The molecule has 234 valence electrons. The van der Waals surface area contributed by atoms with Gasteiger partial charge >= 0.3 is 0 Å². The minimum atomic E-state index is 1.03. The Morgan fingerprint density at radius 3 is 1.00 bits per heavy atom. The molecule has 10 aromatic rings. The first-order valence-electron chi connectivity index (χ1n) is 16.7. The highest BCUT2D eigenvalue weighted by Crippen LogP contribution is 2.37. The number of aromatic nitrogens is 2. The molecular formula is C46H28N2S2. The Labute approximate surface area is 297 Å². The maximum absolute atomic E-state index is 4.80. The zero-order chi connectivity index (χ0) is 33.0. The molecule has 0 unspecified atom stereocenters. The van der Waals surface area contributed by atoms with E-state index in [1.165, 1.54) is 75.1 Å². The van der Waals surface area contributed by atoms with Crippen molar-refractivity contribution in [2.45, 2.75) is 0 Å². The molecule has 2 nitrogen and oxygen atoms in total. The molecule has 2 aromatic heterocycles. The van der Waals surface area contributed by atoms with Crippen molar-refractivity contribution >= 4 is 65.8 Å². The number of benzene rings is 8. The maximum Gasteiger partial charge on any atom is 0.123 e. The SMILES string of the molecule is c1ccc2cc3cc(-c4cnc(-c5ccc(-c6ccc(-c7ncc(-c8ccc9cc%10ccccc%10cc9c8)s7)cc6)cc5)s4)ccc3cc2c1. The van der Waals surface area contributed by atoms with E-state index in [-0.39, 0.29) is 0 Å². The van der Waals surface area contributed by atoms with Crippen LogP contribution in [0.25, 0.3) is 96.2 Å². The second-order valence-electron chi connectivity index (χ2n) is 12.7. The van der Waals surface area contributed by atoms with Gasteiger partial charge in [0, 0.05) is 23.5 Å². The van der Waals surface area contributed by atoms with E-state index >= 15 is 0 Å². The van der Waals surface area contributed by atoms with Crippen LogP contribution in [-0.2, 0) is 0 Å². The molecule has 0 atom stereocenters. The summed E-state index contributed by atoms with van der Waals surface area (Å²) in [6.45, 7) is 0. The minimum Gasteiger partial charge on any atom is -0.244 e. The summed E-state index contributed by atoms with van der Waals surface area (Å²) in [6.07, 6.45) is 4.00. The molecule has 0 amide bonds. The van der Waals surface area contributed by atoms with Crippen LogP contribution in [0.15, 0.2) is 170 Å². The van der Waals surface area contributed by atoms with Crippen LogP contribution in [0.1, 0.15) is 0 Å².